The van der Waals surface area contributed by atoms with E-state index in [-0.39, 0.29) is 23.9 Å². The molecule has 2 saturated heterocycles. The minimum Gasteiger partial charge on any atom is -0.478 e. The minimum atomic E-state index is -0.462. The molecular weight excluding hydrogens is 542 g/mol. The number of rotatable bonds is 11. The van der Waals surface area contributed by atoms with E-state index in [1.807, 2.05) is 18.7 Å². The number of hydrogen-bond donors (Lipinski definition) is 1. The Morgan fingerprint density at radius 2 is 1.49 bits per heavy atom. The maximum atomic E-state index is 12.6. The highest BCUT2D eigenvalue weighted by molar-refractivity contribution is 5.77. The molecule has 3 heterocycles. The molecule has 1 aromatic heterocycles. The van der Waals surface area contributed by atoms with Gasteiger partial charge in [0, 0.05) is 63.2 Å². The van der Waals surface area contributed by atoms with Crippen LogP contribution >= 0.6 is 0 Å². The number of aliphatic hydroxyl groups excluding tert-OH is 1. The van der Waals surface area contributed by atoms with Gasteiger partial charge < -0.3 is 19.5 Å². The molecular formula is C34H43N5O4. The molecule has 3 aromatic rings. The summed E-state index contributed by atoms with van der Waals surface area (Å²) < 4.78 is 12.2. The maximum absolute atomic E-state index is 12.6. The second-order valence-corrected chi connectivity index (χ2v) is 11.8. The van der Waals surface area contributed by atoms with Crippen molar-refractivity contribution in [3.8, 4) is 11.8 Å². The number of ether oxygens (including phenoxy) is 2. The molecule has 6 rings (SSSR count). The van der Waals surface area contributed by atoms with Crippen LogP contribution in [0.1, 0.15) is 61.0 Å². The summed E-state index contributed by atoms with van der Waals surface area (Å²) in [7, 11) is 0. The number of fused-ring (bicyclic) bond motifs is 1. The molecule has 3 aliphatic rings. The molecule has 9 heteroatoms. The summed E-state index contributed by atoms with van der Waals surface area (Å²) in [4.78, 5) is 29.2. The normalized spacial score (nSPS) is 21.1. The molecule has 2 atom stereocenters. The van der Waals surface area contributed by atoms with Crippen LogP contribution in [0.15, 0.2) is 60.7 Å². The first kappa shape index (κ1) is 29.5. The van der Waals surface area contributed by atoms with Crippen molar-refractivity contribution in [3.63, 3.8) is 0 Å². The molecule has 43 heavy (non-hydrogen) atoms. The Labute approximate surface area is 254 Å². The average molecular weight is 586 g/mol. The number of piperazine rings is 2. The predicted octanol–water partition coefficient (Wildman–Crippen LogP) is 3.67. The minimum absolute atomic E-state index is 0.107. The quantitative estimate of drug-likeness (QED) is 0.365. The smallest absolute Gasteiger partial charge is 0.248 e. The van der Waals surface area contributed by atoms with Crippen LogP contribution in [0.2, 0.25) is 0 Å². The number of aromatic nitrogens is 2. The zero-order valence-electron chi connectivity index (χ0n) is 25.3. The molecule has 0 unspecified atom stereocenters. The molecule has 1 saturated carbocycles. The lowest BCUT2D eigenvalue weighted by atomic mass is 9.81. The van der Waals surface area contributed by atoms with Crippen molar-refractivity contribution in [1.29, 1.82) is 0 Å². The van der Waals surface area contributed by atoms with Crippen molar-refractivity contribution in [2.24, 2.45) is 0 Å². The van der Waals surface area contributed by atoms with Gasteiger partial charge in [-0.3, -0.25) is 14.6 Å². The highest BCUT2D eigenvalue weighted by Gasteiger charge is 2.43. The van der Waals surface area contributed by atoms with E-state index >= 15 is 0 Å². The summed E-state index contributed by atoms with van der Waals surface area (Å²) in [5.74, 6) is 2.36. The van der Waals surface area contributed by atoms with E-state index in [0.29, 0.717) is 50.5 Å². The number of carbonyl (C=O) groups excluding carboxylic acids is 1. The number of hydrogen-bond acceptors (Lipinski definition) is 8. The van der Waals surface area contributed by atoms with Gasteiger partial charge in [-0.15, -0.1) is 0 Å². The van der Waals surface area contributed by atoms with E-state index in [1.54, 1.807) is 0 Å². The Balaban J connectivity index is 1.38. The Morgan fingerprint density at radius 1 is 0.884 bits per heavy atom. The van der Waals surface area contributed by atoms with Gasteiger partial charge in [0.1, 0.15) is 12.4 Å². The van der Waals surface area contributed by atoms with Crippen LogP contribution in [0.4, 0.5) is 0 Å². The first-order chi connectivity index (χ1) is 21.1. The van der Waals surface area contributed by atoms with Gasteiger partial charge in [0.15, 0.2) is 0 Å². The molecule has 228 valence electrons. The molecule has 0 spiro atoms. The van der Waals surface area contributed by atoms with Gasteiger partial charge in [-0.25, -0.2) is 0 Å². The molecule has 1 amide bonds. The number of benzene rings is 2. The third-order valence-corrected chi connectivity index (χ3v) is 8.89. The molecule has 0 bridgehead atoms. The monoisotopic (exact) mass is 585 g/mol. The largest absolute Gasteiger partial charge is 0.478 e. The standard InChI is InChI=1S/C34H43N5O4/c1-3-42-33-28(34(43-4-2)36-32(35-33)26-15-16-26)21-37-19-27-20-38(30(41)23-40)17-18-39(27)29(22-37)31(24-11-7-5-8-12-24)25-13-9-6-10-14-25/h5-14,26-27,29,31,40H,3-4,15-23H2,1-2H3/t27-,29+/m1/s1. The summed E-state index contributed by atoms with van der Waals surface area (Å²) in [6, 6.07) is 21.8. The lowest BCUT2D eigenvalue weighted by Crippen LogP contribution is -2.67. The van der Waals surface area contributed by atoms with Crippen LogP contribution < -0.4 is 9.47 Å². The molecule has 9 nitrogen and oxygen atoms in total. The van der Waals surface area contributed by atoms with Gasteiger partial charge in [-0.2, -0.15) is 9.97 Å². The van der Waals surface area contributed by atoms with E-state index in [4.69, 9.17) is 19.4 Å². The second kappa shape index (κ2) is 13.4. The van der Waals surface area contributed by atoms with Crippen molar-refractivity contribution in [1.82, 2.24) is 24.7 Å². The zero-order chi connectivity index (χ0) is 29.8. The van der Waals surface area contributed by atoms with E-state index in [2.05, 4.69) is 70.5 Å². The Bertz CT molecular complexity index is 1300. The predicted molar refractivity (Wildman–Crippen MR) is 164 cm³/mol. The second-order valence-electron chi connectivity index (χ2n) is 11.8. The third kappa shape index (κ3) is 6.54. The first-order valence-electron chi connectivity index (χ1n) is 15.7. The molecule has 1 N–H and O–H groups in total. The number of carbonyl (C=O) groups is 1. The summed E-state index contributed by atoms with van der Waals surface area (Å²) in [5.41, 5.74) is 3.43. The average Bonchev–Trinajstić information content (AvgIpc) is 3.89. The zero-order valence-corrected chi connectivity index (χ0v) is 25.3. The number of aliphatic hydroxyl groups is 1. The topological polar surface area (TPSA) is 91.3 Å². The Morgan fingerprint density at radius 3 is 2.02 bits per heavy atom. The van der Waals surface area contributed by atoms with Gasteiger partial charge >= 0.3 is 0 Å². The summed E-state index contributed by atoms with van der Waals surface area (Å²) >= 11 is 0. The number of amides is 1. The van der Waals surface area contributed by atoms with Crippen molar-refractivity contribution in [3.05, 3.63) is 83.2 Å². The highest BCUT2D eigenvalue weighted by Crippen LogP contribution is 2.41. The van der Waals surface area contributed by atoms with Crippen LogP contribution in [-0.2, 0) is 11.3 Å². The SMILES string of the molecule is CCOc1nc(C2CC2)nc(OCC)c1CN1C[C@@H]2CN(C(=O)CO)CCN2[C@H](C(c2ccccc2)c2ccccc2)C1. The van der Waals surface area contributed by atoms with Crippen LogP contribution in [-0.4, -0.2) is 100 Å². The van der Waals surface area contributed by atoms with Crippen LogP contribution in [0.3, 0.4) is 0 Å². The third-order valence-electron chi connectivity index (χ3n) is 8.89. The van der Waals surface area contributed by atoms with Crippen molar-refractivity contribution in [2.75, 3.05) is 52.5 Å². The van der Waals surface area contributed by atoms with Crippen LogP contribution in [0.5, 0.6) is 11.8 Å². The van der Waals surface area contributed by atoms with Crippen molar-refractivity contribution >= 4 is 5.91 Å². The van der Waals surface area contributed by atoms with Crippen molar-refractivity contribution in [2.45, 2.75) is 57.2 Å². The molecule has 0 radical (unpaired) electrons. The summed E-state index contributed by atoms with van der Waals surface area (Å²) in [6.07, 6.45) is 2.20. The van der Waals surface area contributed by atoms with Crippen molar-refractivity contribution < 1.29 is 19.4 Å². The lowest BCUT2D eigenvalue weighted by molar-refractivity contribution is -0.139. The fourth-order valence-corrected chi connectivity index (χ4v) is 6.78. The van der Waals surface area contributed by atoms with Gasteiger partial charge in [0.25, 0.3) is 0 Å². The van der Waals surface area contributed by atoms with E-state index in [9.17, 15) is 9.90 Å². The lowest BCUT2D eigenvalue weighted by Gasteiger charge is -2.53. The van der Waals surface area contributed by atoms with Gasteiger partial charge in [0.05, 0.1) is 18.8 Å². The molecule has 1 aliphatic carbocycles. The molecule has 2 aromatic carbocycles. The fraction of sp³-hybridized carbons (Fsp3) is 0.500. The van der Waals surface area contributed by atoms with E-state index in [1.165, 1.54) is 11.1 Å². The van der Waals surface area contributed by atoms with Gasteiger partial charge in [-0.1, -0.05) is 60.7 Å². The summed E-state index contributed by atoms with van der Waals surface area (Å²) in [6.45, 7) is 8.66. The van der Waals surface area contributed by atoms with Gasteiger partial charge in [-0.05, 0) is 37.8 Å². The highest BCUT2D eigenvalue weighted by atomic mass is 16.5. The molecule has 3 fully saturated rings. The van der Waals surface area contributed by atoms with Gasteiger partial charge in [0.2, 0.25) is 17.7 Å². The van der Waals surface area contributed by atoms with Crippen LogP contribution in [0, 0.1) is 0 Å². The maximum Gasteiger partial charge on any atom is 0.248 e. The first-order valence-corrected chi connectivity index (χ1v) is 15.7. The summed E-state index contributed by atoms with van der Waals surface area (Å²) in [5, 5.41) is 9.64. The Hall–Kier alpha value is -3.53. The van der Waals surface area contributed by atoms with E-state index < -0.39 is 6.61 Å². The fourth-order valence-electron chi connectivity index (χ4n) is 6.78. The molecule has 2 aliphatic heterocycles. The van der Waals surface area contributed by atoms with E-state index in [0.717, 1.165) is 43.9 Å². The number of nitrogens with zero attached hydrogens (tertiary/aromatic N) is 5. The Kier molecular flexibility index (Phi) is 9.21. The van der Waals surface area contributed by atoms with Crippen LogP contribution in [0.25, 0.3) is 0 Å².